The van der Waals surface area contributed by atoms with E-state index < -0.39 is 0 Å². The molecule has 0 amide bonds. The van der Waals surface area contributed by atoms with Gasteiger partial charge in [-0.25, -0.2) is 0 Å². The molecular formula is C21H25N. The Kier molecular flexibility index (Phi) is 4.72. The molecule has 0 saturated carbocycles. The molecule has 0 aliphatic carbocycles. The van der Waals surface area contributed by atoms with Crippen LogP contribution in [0.25, 0.3) is 0 Å². The van der Waals surface area contributed by atoms with E-state index in [4.69, 9.17) is 4.99 Å². The minimum absolute atomic E-state index is 0.342. The van der Waals surface area contributed by atoms with Crippen LogP contribution in [0.4, 0.5) is 0 Å². The number of aryl methyl sites for hydroxylation is 2. The average molecular weight is 291 g/mol. The van der Waals surface area contributed by atoms with E-state index in [1.165, 1.54) is 47.2 Å². The Morgan fingerprint density at radius 2 is 1.82 bits per heavy atom. The highest BCUT2D eigenvalue weighted by atomic mass is 14.8. The molecule has 0 aromatic heterocycles. The highest BCUT2D eigenvalue weighted by molar-refractivity contribution is 6.02. The van der Waals surface area contributed by atoms with Crippen LogP contribution >= 0.6 is 0 Å². The zero-order valence-electron chi connectivity index (χ0n) is 13.7. The molecule has 0 saturated heterocycles. The minimum atomic E-state index is 0.342. The van der Waals surface area contributed by atoms with Crippen LogP contribution in [0, 0.1) is 6.92 Å². The summed E-state index contributed by atoms with van der Waals surface area (Å²) in [6, 6.07) is 18.0. The summed E-state index contributed by atoms with van der Waals surface area (Å²) < 4.78 is 0. The third kappa shape index (κ3) is 3.30. The standard InChI is InChI=1S/C21H25N/c1-3-4-8-17-10-12-18(13-11-17)20-14-15-21(22-20)19-9-6-5-7-16(19)2/h5-7,9-13,20H,3-4,8,14-15H2,1-2H3. The summed E-state index contributed by atoms with van der Waals surface area (Å²) in [4.78, 5) is 5.00. The predicted molar refractivity (Wildman–Crippen MR) is 94.7 cm³/mol. The van der Waals surface area contributed by atoms with E-state index >= 15 is 0 Å². The van der Waals surface area contributed by atoms with Gasteiger partial charge in [0.15, 0.2) is 0 Å². The van der Waals surface area contributed by atoms with E-state index in [1.54, 1.807) is 0 Å². The molecule has 3 rings (SSSR count). The first kappa shape index (κ1) is 15.0. The van der Waals surface area contributed by atoms with Crippen molar-refractivity contribution in [3.05, 3.63) is 70.8 Å². The lowest BCUT2D eigenvalue weighted by Crippen LogP contribution is -1.98. The molecule has 2 aromatic rings. The number of benzene rings is 2. The summed E-state index contributed by atoms with van der Waals surface area (Å²) in [5, 5.41) is 0. The summed E-state index contributed by atoms with van der Waals surface area (Å²) in [7, 11) is 0. The van der Waals surface area contributed by atoms with E-state index in [2.05, 4.69) is 62.4 Å². The summed E-state index contributed by atoms with van der Waals surface area (Å²) in [5.41, 5.74) is 6.75. The van der Waals surface area contributed by atoms with Gasteiger partial charge in [-0.3, -0.25) is 4.99 Å². The molecule has 114 valence electrons. The normalized spacial score (nSPS) is 17.5. The van der Waals surface area contributed by atoms with Crippen molar-refractivity contribution >= 4 is 5.71 Å². The largest absolute Gasteiger partial charge is 0.281 e. The minimum Gasteiger partial charge on any atom is -0.281 e. The Hall–Kier alpha value is -1.89. The molecule has 0 fully saturated rings. The van der Waals surface area contributed by atoms with Crippen molar-refractivity contribution < 1.29 is 0 Å². The molecule has 1 atom stereocenters. The molecule has 0 radical (unpaired) electrons. The van der Waals surface area contributed by atoms with Crippen LogP contribution in [0.2, 0.25) is 0 Å². The number of nitrogens with zero attached hydrogens (tertiary/aromatic N) is 1. The van der Waals surface area contributed by atoms with Crippen molar-refractivity contribution in [1.29, 1.82) is 0 Å². The van der Waals surface area contributed by atoms with Gasteiger partial charge in [-0.1, -0.05) is 61.9 Å². The average Bonchev–Trinajstić information content (AvgIpc) is 3.03. The van der Waals surface area contributed by atoms with Crippen molar-refractivity contribution in [1.82, 2.24) is 0 Å². The van der Waals surface area contributed by atoms with E-state index in [9.17, 15) is 0 Å². The number of hydrogen-bond donors (Lipinski definition) is 0. The Morgan fingerprint density at radius 3 is 2.55 bits per heavy atom. The van der Waals surface area contributed by atoms with Crippen LogP contribution in [0.15, 0.2) is 53.5 Å². The van der Waals surface area contributed by atoms with E-state index in [-0.39, 0.29) is 0 Å². The van der Waals surface area contributed by atoms with Crippen molar-refractivity contribution in [3.63, 3.8) is 0 Å². The maximum Gasteiger partial charge on any atom is 0.0756 e. The topological polar surface area (TPSA) is 12.4 Å². The van der Waals surface area contributed by atoms with Gasteiger partial charge in [-0.05, 0) is 54.9 Å². The van der Waals surface area contributed by atoms with Gasteiger partial charge < -0.3 is 0 Å². The van der Waals surface area contributed by atoms with Gasteiger partial charge in [0.1, 0.15) is 0 Å². The Balaban J connectivity index is 1.75. The quantitative estimate of drug-likeness (QED) is 0.674. The van der Waals surface area contributed by atoms with E-state index in [1.807, 2.05) is 0 Å². The third-order valence-corrected chi connectivity index (χ3v) is 4.61. The molecule has 1 nitrogen and oxygen atoms in total. The van der Waals surface area contributed by atoms with Gasteiger partial charge >= 0.3 is 0 Å². The molecule has 1 aliphatic heterocycles. The number of rotatable bonds is 5. The lowest BCUT2D eigenvalue weighted by atomic mass is 9.99. The zero-order chi connectivity index (χ0) is 15.4. The first-order valence-electron chi connectivity index (χ1n) is 8.49. The van der Waals surface area contributed by atoms with Crippen LogP contribution in [0.5, 0.6) is 0 Å². The van der Waals surface area contributed by atoms with Crippen LogP contribution in [0.3, 0.4) is 0 Å². The SMILES string of the molecule is CCCCc1ccc(C2CCC(c3ccccc3C)=N2)cc1. The summed E-state index contributed by atoms with van der Waals surface area (Å²) >= 11 is 0. The van der Waals surface area contributed by atoms with Crippen LogP contribution in [-0.2, 0) is 6.42 Å². The van der Waals surface area contributed by atoms with Gasteiger partial charge in [0.25, 0.3) is 0 Å². The lowest BCUT2D eigenvalue weighted by molar-refractivity contribution is 0.722. The van der Waals surface area contributed by atoms with E-state index in [0.29, 0.717) is 6.04 Å². The van der Waals surface area contributed by atoms with Gasteiger partial charge in [0.05, 0.1) is 6.04 Å². The number of aliphatic imine (C=N–C) groups is 1. The fourth-order valence-corrected chi connectivity index (χ4v) is 3.22. The van der Waals surface area contributed by atoms with Crippen molar-refractivity contribution in [2.45, 2.75) is 52.0 Å². The molecule has 0 bridgehead atoms. The molecule has 1 aliphatic rings. The van der Waals surface area contributed by atoms with Crippen molar-refractivity contribution in [2.75, 3.05) is 0 Å². The Morgan fingerprint density at radius 1 is 1.05 bits per heavy atom. The van der Waals surface area contributed by atoms with Gasteiger partial charge in [0.2, 0.25) is 0 Å². The first-order chi connectivity index (χ1) is 10.8. The molecule has 0 spiro atoms. The summed E-state index contributed by atoms with van der Waals surface area (Å²) in [6.07, 6.45) is 5.96. The zero-order valence-corrected chi connectivity index (χ0v) is 13.7. The summed E-state index contributed by atoms with van der Waals surface area (Å²) in [6.45, 7) is 4.42. The highest BCUT2D eigenvalue weighted by Gasteiger charge is 2.20. The highest BCUT2D eigenvalue weighted by Crippen LogP contribution is 2.31. The second kappa shape index (κ2) is 6.91. The molecule has 2 aromatic carbocycles. The Bertz CT molecular complexity index is 652. The van der Waals surface area contributed by atoms with Crippen molar-refractivity contribution in [2.24, 2.45) is 4.99 Å². The molecule has 1 heterocycles. The van der Waals surface area contributed by atoms with Crippen LogP contribution in [0.1, 0.15) is 60.9 Å². The molecule has 0 N–H and O–H groups in total. The number of unbranched alkanes of at least 4 members (excludes halogenated alkanes) is 1. The van der Waals surface area contributed by atoms with Gasteiger partial charge in [0, 0.05) is 5.71 Å². The van der Waals surface area contributed by atoms with Gasteiger partial charge in [-0.15, -0.1) is 0 Å². The molecule has 1 heteroatoms. The fourth-order valence-electron chi connectivity index (χ4n) is 3.22. The fraction of sp³-hybridized carbons (Fsp3) is 0.381. The smallest absolute Gasteiger partial charge is 0.0756 e. The van der Waals surface area contributed by atoms with Gasteiger partial charge in [-0.2, -0.15) is 0 Å². The Labute approximate surface area is 134 Å². The molecule has 1 unspecified atom stereocenters. The third-order valence-electron chi connectivity index (χ3n) is 4.61. The second-order valence-electron chi connectivity index (χ2n) is 6.29. The maximum absolute atomic E-state index is 5.00. The number of hydrogen-bond acceptors (Lipinski definition) is 1. The van der Waals surface area contributed by atoms with Crippen LogP contribution in [-0.4, -0.2) is 5.71 Å². The molecule has 22 heavy (non-hydrogen) atoms. The maximum atomic E-state index is 5.00. The molecular weight excluding hydrogens is 266 g/mol. The van der Waals surface area contributed by atoms with Crippen LogP contribution < -0.4 is 0 Å². The predicted octanol–water partition coefficient (Wildman–Crippen LogP) is 5.66. The van der Waals surface area contributed by atoms with E-state index in [0.717, 1.165) is 12.8 Å². The van der Waals surface area contributed by atoms with Crippen molar-refractivity contribution in [3.8, 4) is 0 Å². The monoisotopic (exact) mass is 291 g/mol. The first-order valence-corrected chi connectivity index (χ1v) is 8.49. The second-order valence-corrected chi connectivity index (χ2v) is 6.29. The lowest BCUT2D eigenvalue weighted by Gasteiger charge is -2.08. The summed E-state index contributed by atoms with van der Waals surface area (Å²) in [5.74, 6) is 0.